The van der Waals surface area contributed by atoms with E-state index in [1.165, 1.54) is 16.5 Å². The molecule has 2 rings (SSSR count). The number of nitrogens with zero attached hydrogens (tertiary/aromatic N) is 2. The third kappa shape index (κ3) is 7.51. The maximum atomic E-state index is 5.09. The van der Waals surface area contributed by atoms with Crippen LogP contribution in [0, 0.1) is 0 Å². The number of aromatic nitrogens is 1. The predicted octanol–water partition coefficient (Wildman–Crippen LogP) is 2.46. The Bertz CT molecular complexity index is 658. The molecule has 1 aromatic heterocycles. The normalized spacial score (nSPS) is 11.6. The number of hydrogen-bond donors (Lipinski definition) is 3. The van der Waals surface area contributed by atoms with Crippen LogP contribution in [-0.2, 0) is 11.2 Å². The summed E-state index contributed by atoms with van der Waals surface area (Å²) in [6.45, 7) is 7.16. The Kier molecular flexibility index (Phi) is 11.3. The zero-order chi connectivity index (χ0) is 17.9. The number of fused-ring (bicyclic) bond motifs is 1. The first-order valence-electron chi connectivity index (χ1n) is 8.99. The van der Waals surface area contributed by atoms with Crippen LogP contribution in [-0.4, -0.2) is 69.3 Å². The van der Waals surface area contributed by atoms with Gasteiger partial charge in [0, 0.05) is 50.4 Å². The van der Waals surface area contributed by atoms with Crippen molar-refractivity contribution in [3.8, 4) is 0 Å². The zero-order valence-corrected chi connectivity index (χ0v) is 18.4. The molecule has 0 bridgehead atoms. The second-order valence-corrected chi connectivity index (χ2v) is 6.09. The molecule has 0 spiro atoms. The van der Waals surface area contributed by atoms with Crippen molar-refractivity contribution in [2.75, 3.05) is 53.5 Å². The molecule has 3 N–H and O–H groups in total. The van der Waals surface area contributed by atoms with Crippen LogP contribution in [0.2, 0.25) is 0 Å². The molecule has 0 amide bonds. The van der Waals surface area contributed by atoms with E-state index in [-0.39, 0.29) is 24.0 Å². The smallest absolute Gasteiger partial charge is 0.191 e. The molecule has 0 saturated heterocycles. The Morgan fingerprint density at radius 3 is 2.81 bits per heavy atom. The maximum absolute atomic E-state index is 5.09. The number of rotatable bonds is 10. The van der Waals surface area contributed by atoms with E-state index in [0.717, 1.165) is 51.7 Å². The highest BCUT2D eigenvalue weighted by Gasteiger charge is 2.04. The number of methoxy groups -OCH3 is 1. The van der Waals surface area contributed by atoms with Crippen molar-refractivity contribution in [1.29, 1.82) is 0 Å². The number of halogens is 1. The van der Waals surface area contributed by atoms with Crippen molar-refractivity contribution in [1.82, 2.24) is 20.5 Å². The summed E-state index contributed by atoms with van der Waals surface area (Å²) in [4.78, 5) is 10.2. The van der Waals surface area contributed by atoms with Crippen LogP contribution in [0.15, 0.2) is 35.5 Å². The van der Waals surface area contributed by atoms with Gasteiger partial charge in [-0.3, -0.25) is 4.99 Å². The fraction of sp³-hybridized carbons (Fsp3) is 0.526. The molecule has 0 aliphatic carbocycles. The Morgan fingerprint density at radius 1 is 1.23 bits per heavy atom. The van der Waals surface area contributed by atoms with E-state index in [2.05, 4.69) is 69.9 Å². The summed E-state index contributed by atoms with van der Waals surface area (Å²) in [6, 6.07) is 8.41. The van der Waals surface area contributed by atoms with Crippen molar-refractivity contribution in [3.63, 3.8) is 0 Å². The van der Waals surface area contributed by atoms with E-state index >= 15 is 0 Å². The maximum Gasteiger partial charge on any atom is 0.191 e. The third-order valence-corrected chi connectivity index (χ3v) is 4.13. The summed E-state index contributed by atoms with van der Waals surface area (Å²) >= 11 is 0. The van der Waals surface area contributed by atoms with Crippen LogP contribution in [0.3, 0.4) is 0 Å². The predicted molar refractivity (Wildman–Crippen MR) is 121 cm³/mol. The molecule has 0 fully saturated rings. The zero-order valence-electron chi connectivity index (χ0n) is 16.0. The molecule has 0 unspecified atom stereocenters. The SMILES string of the molecule is CCNC(=NCCN(C)CCOC)NCCc1c[nH]c2ccccc12.I. The lowest BCUT2D eigenvalue weighted by Gasteiger charge is -2.15. The summed E-state index contributed by atoms with van der Waals surface area (Å²) in [6.07, 6.45) is 3.06. The number of likely N-dealkylation sites (N-methyl/N-ethyl adjacent to an activating group) is 1. The van der Waals surface area contributed by atoms with E-state index in [1.807, 2.05) is 0 Å². The number of ether oxygens (including phenoxy) is 1. The number of hydrogen-bond acceptors (Lipinski definition) is 3. The van der Waals surface area contributed by atoms with Crippen molar-refractivity contribution in [3.05, 3.63) is 36.0 Å². The van der Waals surface area contributed by atoms with Gasteiger partial charge in [-0.15, -0.1) is 24.0 Å². The summed E-state index contributed by atoms with van der Waals surface area (Å²) < 4.78 is 5.09. The van der Waals surface area contributed by atoms with Crippen LogP contribution in [0.4, 0.5) is 0 Å². The lowest BCUT2D eigenvalue weighted by atomic mass is 10.1. The Balaban J connectivity index is 0.00000338. The molecule has 6 nitrogen and oxygen atoms in total. The highest BCUT2D eigenvalue weighted by Crippen LogP contribution is 2.17. The first kappa shape index (κ1) is 22.7. The Hall–Kier alpha value is -1.32. The lowest BCUT2D eigenvalue weighted by molar-refractivity contribution is 0.163. The van der Waals surface area contributed by atoms with Gasteiger partial charge in [0.25, 0.3) is 0 Å². The largest absolute Gasteiger partial charge is 0.383 e. The van der Waals surface area contributed by atoms with Gasteiger partial charge in [-0.2, -0.15) is 0 Å². The van der Waals surface area contributed by atoms with Crippen LogP contribution in [0.1, 0.15) is 12.5 Å². The molecule has 0 aliphatic heterocycles. The van der Waals surface area contributed by atoms with Gasteiger partial charge < -0.3 is 25.3 Å². The molecule has 1 heterocycles. The average molecular weight is 473 g/mol. The number of nitrogens with one attached hydrogen (secondary N) is 3. The Labute approximate surface area is 173 Å². The lowest BCUT2D eigenvalue weighted by Crippen LogP contribution is -2.39. The Morgan fingerprint density at radius 2 is 2.04 bits per heavy atom. The highest BCUT2D eigenvalue weighted by atomic mass is 127. The monoisotopic (exact) mass is 473 g/mol. The molecule has 1 aromatic carbocycles. The molecule has 26 heavy (non-hydrogen) atoms. The topological polar surface area (TPSA) is 64.7 Å². The van der Waals surface area contributed by atoms with Gasteiger partial charge in [-0.05, 0) is 32.0 Å². The fourth-order valence-corrected chi connectivity index (χ4v) is 2.69. The minimum Gasteiger partial charge on any atom is -0.383 e. The molecular weight excluding hydrogens is 441 g/mol. The van der Waals surface area contributed by atoms with Crippen LogP contribution < -0.4 is 10.6 Å². The third-order valence-electron chi connectivity index (χ3n) is 4.13. The van der Waals surface area contributed by atoms with Crippen molar-refractivity contribution in [2.24, 2.45) is 4.99 Å². The first-order chi connectivity index (χ1) is 12.2. The quantitative estimate of drug-likeness (QED) is 0.282. The van der Waals surface area contributed by atoms with Crippen molar-refractivity contribution >= 4 is 40.8 Å². The number of benzene rings is 1. The van der Waals surface area contributed by atoms with E-state index in [4.69, 9.17) is 4.74 Å². The van der Waals surface area contributed by atoms with Gasteiger partial charge in [0.1, 0.15) is 0 Å². The molecule has 7 heteroatoms. The number of guanidine groups is 1. The van der Waals surface area contributed by atoms with Crippen molar-refractivity contribution < 1.29 is 4.74 Å². The van der Waals surface area contributed by atoms with E-state index < -0.39 is 0 Å². The molecule has 0 radical (unpaired) electrons. The number of aliphatic imine (C=N–C) groups is 1. The fourth-order valence-electron chi connectivity index (χ4n) is 2.69. The molecule has 2 aromatic rings. The summed E-state index contributed by atoms with van der Waals surface area (Å²) in [5.41, 5.74) is 2.52. The number of aromatic amines is 1. The van der Waals surface area contributed by atoms with Crippen LogP contribution in [0.5, 0.6) is 0 Å². The summed E-state index contributed by atoms with van der Waals surface area (Å²) in [7, 11) is 3.82. The molecular formula is C19H32IN5O. The van der Waals surface area contributed by atoms with Crippen molar-refractivity contribution in [2.45, 2.75) is 13.3 Å². The van der Waals surface area contributed by atoms with Crippen LogP contribution >= 0.6 is 24.0 Å². The van der Waals surface area contributed by atoms with Crippen LogP contribution in [0.25, 0.3) is 10.9 Å². The molecule has 146 valence electrons. The minimum atomic E-state index is 0. The summed E-state index contributed by atoms with van der Waals surface area (Å²) in [5, 5.41) is 8.02. The van der Waals surface area contributed by atoms with Gasteiger partial charge in [0.15, 0.2) is 5.96 Å². The molecule has 0 aliphatic rings. The second-order valence-electron chi connectivity index (χ2n) is 6.09. The average Bonchev–Trinajstić information content (AvgIpc) is 3.03. The number of H-pyrrole nitrogens is 1. The number of para-hydroxylation sites is 1. The molecule has 0 atom stereocenters. The standard InChI is InChI=1S/C19H31N5O.HI/c1-4-20-19(22-11-12-24(2)13-14-25-3)21-10-9-16-15-23-18-8-6-5-7-17(16)18;/h5-8,15,23H,4,9-14H2,1-3H3,(H2,20,21,22);1H. The van der Waals surface area contributed by atoms with Gasteiger partial charge in [-0.1, -0.05) is 18.2 Å². The van der Waals surface area contributed by atoms with E-state index in [1.54, 1.807) is 7.11 Å². The molecule has 0 saturated carbocycles. The first-order valence-corrected chi connectivity index (χ1v) is 8.99. The second kappa shape index (κ2) is 12.9. The minimum absolute atomic E-state index is 0. The van der Waals surface area contributed by atoms with Gasteiger partial charge in [-0.25, -0.2) is 0 Å². The van der Waals surface area contributed by atoms with Gasteiger partial charge in [0.05, 0.1) is 13.2 Å². The highest BCUT2D eigenvalue weighted by molar-refractivity contribution is 14.0. The summed E-state index contributed by atoms with van der Waals surface area (Å²) in [5.74, 6) is 0.877. The van der Waals surface area contributed by atoms with Gasteiger partial charge in [0.2, 0.25) is 0 Å². The van der Waals surface area contributed by atoms with Gasteiger partial charge >= 0.3 is 0 Å². The van der Waals surface area contributed by atoms with E-state index in [9.17, 15) is 0 Å². The van der Waals surface area contributed by atoms with E-state index in [0.29, 0.717) is 0 Å².